The van der Waals surface area contributed by atoms with Crippen molar-refractivity contribution in [2.75, 3.05) is 25.0 Å². The summed E-state index contributed by atoms with van der Waals surface area (Å²) in [5, 5.41) is 14.4. The van der Waals surface area contributed by atoms with Crippen molar-refractivity contribution in [3.63, 3.8) is 0 Å². The van der Waals surface area contributed by atoms with E-state index in [0.29, 0.717) is 17.6 Å². The van der Waals surface area contributed by atoms with Crippen molar-refractivity contribution < 1.29 is 4.92 Å². The van der Waals surface area contributed by atoms with Crippen LogP contribution in [0.2, 0.25) is 0 Å². The number of para-hydroxylation sites is 2. The van der Waals surface area contributed by atoms with E-state index in [1.165, 1.54) is 25.9 Å². The van der Waals surface area contributed by atoms with Gasteiger partial charge in [0.2, 0.25) is 0 Å². The van der Waals surface area contributed by atoms with Gasteiger partial charge in [-0.1, -0.05) is 12.1 Å². The maximum atomic E-state index is 11.0. The third-order valence-corrected chi connectivity index (χ3v) is 4.10. The highest BCUT2D eigenvalue weighted by atomic mass is 16.6. The summed E-state index contributed by atoms with van der Waals surface area (Å²) in [4.78, 5) is 13.1. The molecule has 0 aromatic heterocycles. The molecule has 0 unspecified atom stereocenters. The number of hydrogen-bond acceptors (Lipinski definition) is 4. The largest absolute Gasteiger partial charge is 0.375 e. The smallest absolute Gasteiger partial charge is 0.292 e. The Kier molecular flexibility index (Phi) is 2.91. The number of hydrogen-bond donors (Lipinski definition) is 1. The number of benzene rings is 1. The number of nitro benzene ring substituents is 1. The van der Waals surface area contributed by atoms with Gasteiger partial charge in [-0.15, -0.1) is 0 Å². The lowest BCUT2D eigenvalue weighted by Gasteiger charge is -2.45. The van der Waals surface area contributed by atoms with Crippen LogP contribution in [0.25, 0.3) is 0 Å². The highest BCUT2D eigenvalue weighted by Crippen LogP contribution is 2.32. The molecule has 18 heavy (non-hydrogen) atoms. The lowest BCUT2D eigenvalue weighted by atomic mass is 9.84. The van der Waals surface area contributed by atoms with Crippen LogP contribution in [-0.4, -0.2) is 35.5 Å². The zero-order valence-electron chi connectivity index (χ0n) is 10.2. The van der Waals surface area contributed by atoms with Gasteiger partial charge in [0.15, 0.2) is 0 Å². The second kappa shape index (κ2) is 4.57. The molecular weight excluding hydrogens is 230 g/mol. The first-order valence-electron chi connectivity index (χ1n) is 6.46. The van der Waals surface area contributed by atoms with E-state index in [1.54, 1.807) is 18.2 Å². The van der Waals surface area contributed by atoms with Gasteiger partial charge in [0.1, 0.15) is 5.69 Å². The summed E-state index contributed by atoms with van der Waals surface area (Å²) in [5.41, 5.74) is 0.829. The highest BCUT2D eigenvalue weighted by Gasteiger charge is 2.34. The SMILES string of the molecule is O=[N+]([O-])c1ccccc1N[C@H]1CN2CCC1CC2. The van der Waals surface area contributed by atoms with Crippen molar-refractivity contribution in [1.29, 1.82) is 0 Å². The number of rotatable bonds is 3. The molecule has 0 radical (unpaired) electrons. The van der Waals surface area contributed by atoms with E-state index in [9.17, 15) is 10.1 Å². The van der Waals surface area contributed by atoms with Crippen LogP contribution in [0.3, 0.4) is 0 Å². The van der Waals surface area contributed by atoms with Gasteiger partial charge in [-0.3, -0.25) is 10.1 Å². The molecule has 1 aromatic carbocycles. The normalized spacial score (nSPS) is 30.1. The quantitative estimate of drug-likeness (QED) is 0.656. The van der Waals surface area contributed by atoms with Crippen molar-refractivity contribution >= 4 is 11.4 Å². The Morgan fingerprint density at radius 1 is 1.28 bits per heavy atom. The standard InChI is InChI=1S/C13H17N3O2/c17-16(18)13-4-2-1-3-11(13)14-12-9-15-7-5-10(12)6-8-15/h1-4,10,12,14H,5-9H2/t12-/m0/s1. The Morgan fingerprint density at radius 2 is 2.00 bits per heavy atom. The van der Waals surface area contributed by atoms with Gasteiger partial charge in [-0.05, 0) is 37.9 Å². The van der Waals surface area contributed by atoms with Gasteiger partial charge >= 0.3 is 0 Å². The van der Waals surface area contributed by atoms with Gasteiger partial charge < -0.3 is 10.2 Å². The van der Waals surface area contributed by atoms with Gasteiger partial charge in [0, 0.05) is 18.7 Å². The number of nitrogens with one attached hydrogen (secondary N) is 1. The summed E-state index contributed by atoms with van der Waals surface area (Å²) < 4.78 is 0. The van der Waals surface area contributed by atoms with Crippen molar-refractivity contribution in [1.82, 2.24) is 4.90 Å². The molecular formula is C13H17N3O2. The number of nitro groups is 1. The predicted octanol–water partition coefficient (Wildman–Crippen LogP) is 2.10. The third kappa shape index (κ3) is 2.06. The average Bonchev–Trinajstić information content (AvgIpc) is 2.40. The lowest BCUT2D eigenvalue weighted by molar-refractivity contribution is -0.384. The Balaban J connectivity index is 1.78. The minimum Gasteiger partial charge on any atom is -0.375 e. The van der Waals surface area contributed by atoms with Crippen LogP contribution in [0.4, 0.5) is 11.4 Å². The van der Waals surface area contributed by atoms with Crippen LogP contribution < -0.4 is 5.32 Å². The molecule has 1 atom stereocenters. The lowest BCUT2D eigenvalue weighted by Crippen LogP contribution is -2.53. The molecule has 3 fully saturated rings. The molecule has 1 aromatic rings. The summed E-state index contributed by atoms with van der Waals surface area (Å²) in [5.74, 6) is 0.662. The van der Waals surface area contributed by atoms with Crippen LogP contribution in [0.5, 0.6) is 0 Å². The summed E-state index contributed by atoms with van der Waals surface area (Å²) in [7, 11) is 0. The molecule has 0 spiro atoms. The zero-order chi connectivity index (χ0) is 12.5. The van der Waals surface area contributed by atoms with Crippen LogP contribution in [0, 0.1) is 16.0 Å². The zero-order valence-corrected chi connectivity index (χ0v) is 10.2. The number of nitrogens with zero attached hydrogens (tertiary/aromatic N) is 2. The van der Waals surface area contributed by atoms with Crippen molar-refractivity contribution in [2.24, 2.45) is 5.92 Å². The minimum absolute atomic E-state index is 0.175. The molecule has 0 saturated carbocycles. The van der Waals surface area contributed by atoms with E-state index in [1.807, 2.05) is 6.07 Å². The van der Waals surface area contributed by atoms with Crippen LogP contribution >= 0.6 is 0 Å². The second-order valence-corrected chi connectivity index (χ2v) is 5.16. The molecule has 5 heteroatoms. The van der Waals surface area contributed by atoms with Crippen molar-refractivity contribution in [2.45, 2.75) is 18.9 Å². The predicted molar refractivity (Wildman–Crippen MR) is 69.7 cm³/mol. The second-order valence-electron chi connectivity index (χ2n) is 5.16. The Bertz CT molecular complexity index is 455. The fourth-order valence-electron chi connectivity index (χ4n) is 3.08. The monoisotopic (exact) mass is 247 g/mol. The van der Waals surface area contributed by atoms with E-state index >= 15 is 0 Å². The molecule has 3 aliphatic rings. The fourth-order valence-corrected chi connectivity index (χ4v) is 3.08. The first-order valence-corrected chi connectivity index (χ1v) is 6.46. The summed E-state index contributed by atoms with van der Waals surface area (Å²) in [6, 6.07) is 7.27. The first-order chi connectivity index (χ1) is 8.74. The summed E-state index contributed by atoms with van der Waals surface area (Å²) in [6.07, 6.45) is 2.41. The average molecular weight is 247 g/mol. The minimum atomic E-state index is -0.316. The van der Waals surface area contributed by atoms with E-state index in [0.717, 1.165) is 6.54 Å². The Hall–Kier alpha value is -1.62. The third-order valence-electron chi connectivity index (χ3n) is 4.10. The molecule has 3 heterocycles. The van der Waals surface area contributed by atoms with Gasteiger partial charge in [0.05, 0.1) is 4.92 Å². The molecule has 3 aliphatic heterocycles. The Morgan fingerprint density at radius 3 is 2.61 bits per heavy atom. The molecule has 2 bridgehead atoms. The summed E-state index contributed by atoms with van der Waals surface area (Å²) >= 11 is 0. The van der Waals surface area contributed by atoms with E-state index in [2.05, 4.69) is 10.2 Å². The maximum absolute atomic E-state index is 11.0. The number of piperidine rings is 3. The van der Waals surface area contributed by atoms with Gasteiger partial charge in [-0.25, -0.2) is 0 Å². The van der Waals surface area contributed by atoms with E-state index in [-0.39, 0.29) is 10.6 Å². The highest BCUT2D eigenvalue weighted by molar-refractivity contribution is 5.61. The summed E-state index contributed by atoms with van der Waals surface area (Å²) in [6.45, 7) is 3.37. The Labute approximate surface area is 106 Å². The first kappa shape index (κ1) is 11.5. The topological polar surface area (TPSA) is 58.4 Å². The maximum Gasteiger partial charge on any atom is 0.292 e. The molecule has 1 N–H and O–H groups in total. The van der Waals surface area contributed by atoms with E-state index in [4.69, 9.17) is 0 Å². The molecule has 0 aliphatic carbocycles. The molecule has 96 valence electrons. The van der Waals surface area contributed by atoms with Gasteiger partial charge in [0.25, 0.3) is 5.69 Å². The molecule has 3 saturated heterocycles. The van der Waals surface area contributed by atoms with Crippen LogP contribution in [-0.2, 0) is 0 Å². The van der Waals surface area contributed by atoms with Crippen molar-refractivity contribution in [3.8, 4) is 0 Å². The molecule has 5 nitrogen and oxygen atoms in total. The fraction of sp³-hybridized carbons (Fsp3) is 0.538. The van der Waals surface area contributed by atoms with E-state index < -0.39 is 0 Å². The molecule has 4 rings (SSSR count). The van der Waals surface area contributed by atoms with Crippen molar-refractivity contribution in [3.05, 3.63) is 34.4 Å². The molecule has 0 amide bonds. The number of fused-ring (bicyclic) bond motifs is 3. The van der Waals surface area contributed by atoms with Crippen LogP contribution in [0.15, 0.2) is 24.3 Å². The van der Waals surface area contributed by atoms with Gasteiger partial charge in [-0.2, -0.15) is 0 Å². The van der Waals surface area contributed by atoms with Crippen LogP contribution in [0.1, 0.15) is 12.8 Å². The number of anilines is 1.